The van der Waals surface area contributed by atoms with Crippen LogP contribution in [0.4, 0.5) is 0 Å². The van der Waals surface area contributed by atoms with E-state index in [-0.39, 0.29) is 42.2 Å². The molecule has 0 aromatic rings. The second-order valence-electron chi connectivity index (χ2n) is 11.1. The molecule has 3 N–H and O–H groups in total. The lowest BCUT2D eigenvalue weighted by Crippen LogP contribution is -2.35. The fourth-order valence-electron chi connectivity index (χ4n) is 4.74. The maximum Gasteiger partial charge on any atom is 0.331 e. The van der Waals surface area contributed by atoms with Crippen molar-refractivity contribution in [2.75, 3.05) is 6.61 Å². The van der Waals surface area contributed by atoms with Gasteiger partial charge in [0.1, 0.15) is 11.9 Å². The summed E-state index contributed by atoms with van der Waals surface area (Å²) >= 11 is 0. The highest BCUT2D eigenvalue weighted by Gasteiger charge is 2.30. The summed E-state index contributed by atoms with van der Waals surface area (Å²) in [6.45, 7) is 12.8. The molecule has 0 fully saturated rings. The van der Waals surface area contributed by atoms with Crippen LogP contribution in [0.2, 0.25) is 0 Å². The number of allylic oxidation sites excluding steroid dienone is 7. The number of aliphatic carboxylic acids is 1. The number of ether oxygens (including phenoxy) is 1. The second kappa shape index (κ2) is 17.6. The second-order valence-corrected chi connectivity index (χ2v) is 11.1. The molecule has 0 aromatic carbocycles. The summed E-state index contributed by atoms with van der Waals surface area (Å²) in [5.41, 5.74) is 2.62. The van der Waals surface area contributed by atoms with Gasteiger partial charge in [0.25, 0.3) is 0 Å². The van der Waals surface area contributed by atoms with Crippen molar-refractivity contribution in [2.24, 2.45) is 29.6 Å². The molecule has 1 aliphatic heterocycles. The topological polar surface area (TPSA) is 121 Å². The van der Waals surface area contributed by atoms with Gasteiger partial charge in [0.05, 0.1) is 18.6 Å². The molecule has 0 amide bonds. The number of carbonyl (C=O) groups is 3. The third-order valence-corrected chi connectivity index (χ3v) is 7.19. The maximum atomic E-state index is 13.0. The van der Waals surface area contributed by atoms with E-state index in [4.69, 9.17) is 9.84 Å². The molecule has 0 radical (unpaired) electrons. The Kier molecular flexibility index (Phi) is 15.4. The van der Waals surface area contributed by atoms with Crippen LogP contribution >= 0.6 is 0 Å². The van der Waals surface area contributed by atoms with Crippen LogP contribution in [0.5, 0.6) is 0 Å². The summed E-state index contributed by atoms with van der Waals surface area (Å²) < 4.78 is 5.38. The normalized spacial score (nSPS) is 22.7. The van der Waals surface area contributed by atoms with Gasteiger partial charge in [-0.05, 0) is 51.0 Å². The molecule has 7 nitrogen and oxygen atoms in total. The van der Waals surface area contributed by atoms with Crippen LogP contribution in [0.25, 0.3) is 0 Å². The number of cyclic esters (lactones) is 1. The summed E-state index contributed by atoms with van der Waals surface area (Å²) in [6.07, 6.45) is 17.1. The number of hydrogen-bond acceptors (Lipinski definition) is 6. The van der Waals surface area contributed by atoms with Crippen LogP contribution < -0.4 is 0 Å². The molecule has 40 heavy (non-hydrogen) atoms. The van der Waals surface area contributed by atoms with Gasteiger partial charge in [0.15, 0.2) is 0 Å². The monoisotopic (exact) mass is 556 g/mol. The Morgan fingerprint density at radius 1 is 1.12 bits per heavy atom. The molecule has 1 rings (SSSR count). The van der Waals surface area contributed by atoms with Gasteiger partial charge in [0, 0.05) is 24.0 Å². The molecule has 222 valence electrons. The lowest BCUT2D eigenvalue weighted by Gasteiger charge is -2.26. The van der Waals surface area contributed by atoms with Crippen molar-refractivity contribution in [1.29, 1.82) is 0 Å². The molecule has 7 heteroatoms. The highest BCUT2D eigenvalue weighted by Crippen LogP contribution is 2.24. The van der Waals surface area contributed by atoms with Gasteiger partial charge in [0.2, 0.25) is 0 Å². The van der Waals surface area contributed by atoms with Crippen molar-refractivity contribution in [3.8, 4) is 0 Å². The first-order chi connectivity index (χ1) is 18.8. The van der Waals surface area contributed by atoms with E-state index in [0.717, 1.165) is 30.1 Å². The Morgan fingerprint density at radius 2 is 1.80 bits per heavy atom. The lowest BCUT2D eigenvalue weighted by molar-refractivity contribution is -0.143. The average Bonchev–Trinajstić information content (AvgIpc) is 2.89. The van der Waals surface area contributed by atoms with Crippen molar-refractivity contribution in [2.45, 2.75) is 79.9 Å². The molecule has 0 aliphatic carbocycles. The molecule has 1 aliphatic rings. The molecule has 7 atom stereocenters. The van der Waals surface area contributed by atoms with E-state index in [1.807, 2.05) is 44.2 Å². The number of Topliss-reactive ketones (excluding diaryl/α,β-unsaturated/α-hetero) is 1. The van der Waals surface area contributed by atoms with Crippen LogP contribution in [0.3, 0.4) is 0 Å². The van der Waals surface area contributed by atoms with Gasteiger partial charge in [-0.3, -0.25) is 4.79 Å². The molecule has 7 unspecified atom stereocenters. The van der Waals surface area contributed by atoms with Gasteiger partial charge in [-0.2, -0.15) is 0 Å². The van der Waals surface area contributed by atoms with Gasteiger partial charge in [-0.15, -0.1) is 0 Å². The first kappa shape index (κ1) is 35.0. The standard InChI is InChI=1S/C33H48O7/c1-8-27(13-14-29-24(5)12-15-31(37)40-29)17-21(2)10-9-11-22(3)18-28(20-34)33(39)26(7)32(38)25(6)16-23(4)19-30(35)36/h9,11-15,17-19,21,24-26,28-29,32,34,38H,8,10,16,20H2,1-7H3,(H,35,36)/b11-9+,14-13+,22-18+,23-19+,27-17+. The van der Waals surface area contributed by atoms with Crippen molar-refractivity contribution in [1.82, 2.24) is 0 Å². The number of ketones is 1. The molecule has 0 saturated carbocycles. The number of aliphatic hydroxyl groups is 2. The number of rotatable bonds is 16. The third-order valence-electron chi connectivity index (χ3n) is 7.19. The maximum absolute atomic E-state index is 13.0. The van der Waals surface area contributed by atoms with E-state index < -0.39 is 23.9 Å². The zero-order chi connectivity index (χ0) is 30.4. The molecule has 0 saturated heterocycles. The Morgan fingerprint density at radius 3 is 2.40 bits per heavy atom. The van der Waals surface area contributed by atoms with Crippen molar-refractivity contribution < 1.29 is 34.4 Å². The predicted molar refractivity (Wildman–Crippen MR) is 158 cm³/mol. The Labute approximate surface area is 239 Å². The van der Waals surface area contributed by atoms with Crippen LogP contribution in [-0.4, -0.2) is 51.9 Å². The summed E-state index contributed by atoms with van der Waals surface area (Å²) in [5.74, 6) is -2.97. The van der Waals surface area contributed by atoms with E-state index in [1.54, 1.807) is 26.8 Å². The zero-order valence-electron chi connectivity index (χ0n) is 25.0. The highest BCUT2D eigenvalue weighted by atomic mass is 16.5. The Hall–Kier alpha value is -3.03. The summed E-state index contributed by atoms with van der Waals surface area (Å²) in [4.78, 5) is 35.4. The van der Waals surface area contributed by atoms with E-state index in [1.165, 1.54) is 6.08 Å². The number of carboxylic acids is 1. The van der Waals surface area contributed by atoms with Crippen molar-refractivity contribution in [3.63, 3.8) is 0 Å². The Balaban J connectivity index is 2.76. The first-order valence-electron chi connectivity index (χ1n) is 14.1. The minimum Gasteiger partial charge on any atom is -0.478 e. The highest BCUT2D eigenvalue weighted by molar-refractivity contribution is 5.85. The van der Waals surface area contributed by atoms with Gasteiger partial charge < -0.3 is 20.1 Å². The predicted octanol–water partition coefficient (Wildman–Crippen LogP) is 5.76. The summed E-state index contributed by atoms with van der Waals surface area (Å²) in [5, 5.41) is 29.5. The zero-order valence-corrected chi connectivity index (χ0v) is 25.0. The molecule has 1 heterocycles. The van der Waals surface area contributed by atoms with Crippen LogP contribution in [-0.2, 0) is 19.1 Å². The molecule has 0 spiro atoms. The van der Waals surface area contributed by atoms with E-state index in [0.29, 0.717) is 12.0 Å². The number of carboxylic acid groups (broad SMARTS) is 1. The minimum atomic E-state index is -1.04. The van der Waals surface area contributed by atoms with Crippen LogP contribution in [0.1, 0.15) is 67.7 Å². The fraction of sp³-hybridized carbons (Fsp3) is 0.545. The lowest BCUT2D eigenvalue weighted by atomic mass is 9.82. The number of hydrogen-bond donors (Lipinski definition) is 3. The van der Waals surface area contributed by atoms with E-state index in [2.05, 4.69) is 19.9 Å². The smallest absolute Gasteiger partial charge is 0.331 e. The Bertz CT molecular complexity index is 1040. The molecule has 0 aromatic heterocycles. The summed E-state index contributed by atoms with van der Waals surface area (Å²) in [6, 6.07) is 0. The van der Waals surface area contributed by atoms with Crippen LogP contribution in [0, 0.1) is 29.6 Å². The number of esters is 1. The molecular weight excluding hydrogens is 508 g/mol. The summed E-state index contributed by atoms with van der Waals surface area (Å²) in [7, 11) is 0. The number of carbonyl (C=O) groups excluding carboxylic acids is 2. The molecule has 0 bridgehead atoms. The fourth-order valence-corrected chi connectivity index (χ4v) is 4.74. The molecular formula is C33H48O7. The van der Waals surface area contributed by atoms with Gasteiger partial charge in [-0.1, -0.05) is 87.8 Å². The SMILES string of the molecule is CCC(/C=C/C1OC(=O)C=CC1C)=C\C(C)C/C=C/C(C)=C/C(CO)C(=O)C(C)C(O)C(C)C/C(C)=C/C(=O)O. The van der Waals surface area contributed by atoms with E-state index >= 15 is 0 Å². The third kappa shape index (κ3) is 12.4. The van der Waals surface area contributed by atoms with Crippen LogP contribution in [0.15, 0.2) is 71.4 Å². The number of aliphatic hydroxyl groups excluding tert-OH is 2. The minimum absolute atomic E-state index is 0.136. The average molecular weight is 557 g/mol. The first-order valence-corrected chi connectivity index (χ1v) is 14.1. The largest absolute Gasteiger partial charge is 0.478 e. The van der Waals surface area contributed by atoms with Crippen molar-refractivity contribution >= 4 is 17.7 Å². The van der Waals surface area contributed by atoms with E-state index in [9.17, 15) is 24.6 Å². The van der Waals surface area contributed by atoms with Gasteiger partial charge >= 0.3 is 11.9 Å². The van der Waals surface area contributed by atoms with Crippen molar-refractivity contribution in [3.05, 3.63) is 71.4 Å². The van der Waals surface area contributed by atoms with Gasteiger partial charge in [-0.25, -0.2) is 9.59 Å². The quantitative estimate of drug-likeness (QED) is 0.126.